The van der Waals surface area contributed by atoms with Gasteiger partial charge in [0.05, 0.1) is 11.9 Å². The molecule has 0 amide bonds. The molecule has 0 fully saturated rings. The summed E-state index contributed by atoms with van der Waals surface area (Å²) in [6.07, 6.45) is 2.87. The Hall–Kier alpha value is -1.68. The van der Waals surface area contributed by atoms with Crippen molar-refractivity contribution in [1.29, 1.82) is 0 Å². The molecule has 1 unspecified atom stereocenters. The number of rotatable bonds is 4. The molecule has 17 heavy (non-hydrogen) atoms. The van der Waals surface area contributed by atoms with E-state index in [0.717, 1.165) is 17.7 Å². The first kappa shape index (κ1) is 11.8. The Bertz CT molecular complexity index is 468. The number of hydrogen-bond donors (Lipinski definition) is 1. The van der Waals surface area contributed by atoms with Gasteiger partial charge in [0.1, 0.15) is 0 Å². The smallest absolute Gasteiger partial charge is 0.0882 e. The molecule has 2 aromatic rings. The highest BCUT2D eigenvalue weighted by Crippen LogP contribution is 2.21. The zero-order valence-electron chi connectivity index (χ0n) is 10.5. The van der Waals surface area contributed by atoms with Crippen molar-refractivity contribution in [3.8, 4) is 11.3 Å². The largest absolute Gasteiger partial charge is 0.313 e. The molecule has 4 heteroatoms. The van der Waals surface area contributed by atoms with Crippen molar-refractivity contribution in [2.75, 3.05) is 7.05 Å². The van der Waals surface area contributed by atoms with Crippen LogP contribution in [0.4, 0.5) is 0 Å². The standard InChI is InChI=1S/C13H18N4/c1-4-12(14-2)10-5-7-11(8-6-10)13-9-15-16-17(13)3/h5-9,12,14H,4H2,1-3H3. The van der Waals surface area contributed by atoms with E-state index in [9.17, 15) is 0 Å². The van der Waals surface area contributed by atoms with Crippen molar-refractivity contribution in [3.05, 3.63) is 36.0 Å². The first-order valence-electron chi connectivity index (χ1n) is 5.88. The quantitative estimate of drug-likeness (QED) is 0.875. The van der Waals surface area contributed by atoms with E-state index in [-0.39, 0.29) is 0 Å². The highest BCUT2D eigenvalue weighted by Gasteiger charge is 2.07. The molecule has 1 aromatic carbocycles. The highest BCUT2D eigenvalue weighted by molar-refractivity contribution is 5.58. The third kappa shape index (κ3) is 2.36. The van der Waals surface area contributed by atoms with Gasteiger partial charge >= 0.3 is 0 Å². The van der Waals surface area contributed by atoms with Gasteiger partial charge in [-0.25, -0.2) is 4.68 Å². The van der Waals surface area contributed by atoms with Crippen molar-refractivity contribution in [2.24, 2.45) is 7.05 Å². The Morgan fingerprint density at radius 3 is 2.47 bits per heavy atom. The summed E-state index contributed by atoms with van der Waals surface area (Å²) in [7, 11) is 3.89. The molecule has 0 aliphatic heterocycles. The maximum Gasteiger partial charge on any atom is 0.0882 e. The summed E-state index contributed by atoms with van der Waals surface area (Å²) >= 11 is 0. The minimum atomic E-state index is 0.425. The lowest BCUT2D eigenvalue weighted by Crippen LogP contribution is -2.14. The fourth-order valence-electron chi connectivity index (χ4n) is 2.04. The van der Waals surface area contributed by atoms with Crippen LogP contribution in [0.15, 0.2) is 30.5 Å². The average Bonchev–Trinajstić information content (AvgIpc) is 2.78. The van der Waals surface area contributed by atoms with Crippen LogP contribution >= 0.6 is 0 Å². The molecule has 0 radical (unpaired) electrons. The summed E-state index contributed by atoms with van der Waals surface area (Å²) < 4.78 is 1.78. The Labute approximate surface area is 102 Å². The predicted octanol–water partition coefficient (Wildman–Crippen LogP) is 2.15. The van der Waals surface area contributed by atoms with Crippen molar-refractivity contribution in [2.45, 2.75) is 19.4 Å². The van der Waals surface area contributed by atoms with Crippen LogP contribution in [-0.4, -0.2) is 22.0 Å². The number of aryl methyl sites for hydroxylation is 1. The summed E-state index contributed by atoms with van der Waals surface area (Å²) in [5.41, 5.74) is 3.50. The van der Waals surface area contributed by atoms with Crippen LogP contribution in [0.3, 0.4) is 0 Å². The van der Waals surface area contributed by atoms with Gasteiger partial charge in [-0.05, 0) is 19.0 Å². The van der Waals surface area contributed by atoms with Crippen LogP contribution in [0.1, 0.15) is 24.9 Å². The molecule has 2 rings (SSSR count). The fraction of sp³-hybridized carbons (Fsp3) is 0.385. The molecule has 0 aliphatic rings. The van der Waals surface area contributed by atoms with E-state index in [0.29, 0.717) is 6.04 Å². The molecule has 0 aliphatic carbocycles. The summed E-state index contributed by atoms with van der Waals surface area (Å²) in [4.78, 5) is 0. The van der Waals surface area contributed by atoms with Crippen molar-refractivity contribution < 1.29 is 0 Å². The van der Waals surface area contributed by atoms with E-state index in [1.165, 1.54) is 5.56 Å². The van der Waals surface area contributed by atoms with Gasteiger partial charge in [0, 0.05) is 18.7 Å². The average molecular weight is 230 g/mol. The van der Waals surface area contributed by atoms with Gasteiger partial charge in [-0.2, -0.15) is 0 Å². The topological polar surface area (TPSA) is 42.7 Å². The second kappa shape index (κ2) is 5.10. The monoisotopic (exact) mass is 230 g/mol. The molecule has 4 nitrogen and oxygen atoms in total. The van der Waals surface area contributed by atoms with Crippen molar-refractivity contribution in [1.82, 2.24) is 20.3 Å². The number of hydrogen-bond acceptors (Lipinski definition) is 3. The third-order valence-electron chi connectivity index (χ3n) is 3.08. The van der Waals surface area contributed by atoms with Gasteiger partial charge in [0.15, 0.2) is 0 Å². The number of benzene rings is 1. The lowest BCUT2D eigenvalue weighted by atomic mass is 10.0. The summed E-state index contributed by atoms with van der Waals surface area (Å²) in [6, 6.07) is 8.98. The molecule has 0 bridgehead atoms. The molecule has 0 spiro atoms. The highest BCUT2D eigenvalue weighted by atomic mass is 15.4. The molecular weight excluding hydrogens is 212 g/mol. The van der Waals surface area contributed by atoms with E-state index in [4.69, 9.17) is 0 Å². The maximum atomic E-state index is 3.94. The Kier molecular flexibility index (Phi) is 3.54. The van der Waals surface area contributed by atoms with Gasteiger partial charge in [-0.3, -0.25) is 0 Å². The van der Waals surface area contributed by atoms with Gasteiger partial charge < -0.3 is 5.32 Å². The second-order valence-electron chi connectivity index (χ2n) is 4.11. The van der Waals surface area contributed by atoms with Crippen molar-refractivity contribution >= 4 is 0 Å². The minimum absolute atomic E-state index is 0.425. The Morgan fingerprint density at radius 1 is 1.29 bits per heavy atom. The van der Waals surface area contributed by atoms with Crippen LogP contribution in [0.25, 0.3) is 11.3 Å². The van der Waals surface area contributed by atoms with E-state index >= 15 is 0 Å². The molecular formula is C13H18N4. The Morgan fingerprint density at radius 2 is 2.00 bits per heavy atom. The molecule has 0 saturated carbocycles. The van der Waals surface area contributed by atoms with E-state index in [2.05, 4.69) is 46.8 Å². The fourth-order valence-corrected chi connectivity index (χ4v) is 2.04. The summed E-state index contributed by atoms with van der Waals surface area (Å²) in [6.45, 7) is 2.18. The maximum absolute atomic E-state index is 3.94. The first-order valence-corrected chi connectivity index (χ1v) is 5.88. The molecule has 1 aromatic heterocycles. The molecule has 0 saturated heterocycles. The van der Waals surface area contributed by atoms with Crippen molar-refractivity contribution in [3.63, 3.8) is 0 Å². The molecule has 1 N–H and O–H groups in total. The SMILES string of the molecule is CCC(NC)c1ccc(-c2cnnn2C)cc1. The van der Waals surface area contributed by atoms with E-state index in [1.54, 1.807) is 10.9 Å². The first-order chi connectivity index (χ1) is 8.26. The van der Waals surface area contributed by atoms with Crippen LogP contribution in [0.2, 0.25) is 0 Å². The van der Waals surface area contributed by atoms with Crippen LogP contribution < -0.4 is 5.32 Å². The number of aromatic nitrogens is 3. The lowest BCUT2D eigenvalue weighted by Gasteiger charge is -2.14. The third-order valence-corrected chi connectivity index (χ3v) is 3.08. The lowest BCUT2D eigenvalue weighted by molar-refractivity contribution is 0.577. The number of nitrogens with zero attached hydrogens (tertiary/aromatic N) is 3. The van der Waals surface area contributed by atoms with Gasteiger partial charge in [0.2, 0.25) is 0 Å². The minimum Gasteiger partial charge on any atom is -0.313 e. The molecule has 90 valence electrons. The van der Waals surface area contributed by atoms with Gasteiger partial charge in [-0.15, -0.1) is 5.10 Å². The van der Waals surface area contributed by atoms with Crippen LogP contribution in [-0.2, 0) is 7.05 Å². The van der Waals surface area contributed by atoms with Crippen LogP contribution in [0, 0.1) is 0 Å². The second-order valence-corrected chi connectivity index (χ2v) is 4.11. The zero-order valence-corrected chi connectivity index (χ0v) is 10.5. The summed E-state index contributed by atoms with van der Waals surface area (Å²) in [5, 5.41) is 11.1. The zero-order chi connectivity index (χ0) is 12.3. The van der Waals surface area contributed by atoms with E-state index in [1.807, 2.05) is 14.1 Å². The van der Waals surface area contributed by atoms with Gasteiger partial charge in [-0.1, -0.05) is 36.4 Å². The van der Waals surface area contributed by atoms with E-state index < -0.39 is 0 Å². The summed E-state index contributed by atoms with van der Waals surface area (Å²) in [5.74, 6) is 0. The van der Waals surface area contributed by atoms with Gasteiger partial charge in [0.25, 0.3) is 0 Å². The normalized spacial score (nSPS) is 12.6. The Balaban J connectivity index is 2.27. The molecule has 1 heterocycles. The predicted molar refractivity (Wildman–Crippen MR) is 68.5 cm³/mol. The number of nitrogens with one attached hydrogen (secondary N) is 1. The molecule has 1 atom stereocenters. The van der Waals surface area contributed by atoms with Crippen LogP contribution in [0.5, 0.6) is 0 Å².